The maximum Gasteiger partial charge on any atom is 0.227 e. The van der Waals surface area contributed by atoms with Crippen molar-refractivity contribution in [1.29, 1.82) is 0 Å². The molecule has 0 aliphatic heterocycles. The van der Waals surface area contributed by atoms with E-state index >= 15 is 0 Å². The van der Waals surface area contributed by atoms with Crippen LogP contribution in [0.2, 0.25) is 0 Å². The summed E-state index contributed by atoms with van der Waals surface area (Å²) in [6, 6.07) is 8.48. The molecule has 1 aliphatic rings. The molecule has 1 amide bonds. The highest BCUT2D eigenvalue weighted by atomic mass is 16.5. The average molecular weight is 247 g/mol. The first-order valence-electron chi connectivity index (χ1n) is 6.56. The fourth-order valence-electron chi connectivity index (χ4n) is 2.37. The topological polar surface area (TPSA) is 29.5 Å². The van der Waals surface area contributed by atoms with Crippen LogP contribution in [0.15, 0.2) is 24.3 Å². The number of ether oxygens (including phenoxy) is 1. The second-order valence-electron chi connectivity index (χ2n) is 5.11. The van der Waals surface area contributed by atoms with E-state index in [9.17, 15) is 4.79 Å². The Morgan fingerprint density at radius 3 is 2.61 bits per heavy atom. The van der Waals surface area contributed by atoms with E-state index in [0.717, 1.165) is 24.2 Å². The zero-order chi connectivity index (χ0) is 13.1. The second kappa shape index (κ2) is 5.42. The van der Waals surface area contributed by atoms with E-state index < -0.39 is 0 Å². The number of nitrogens with zero attached hydrogens (tertiary/aromatic N) is 1. The van der Waals surface area contributed by atoms with Gasteiger partial charge in [0.2, 0.25) is 5.91 Å². The lowest BCUT2D eigenvalue weighted by Gasteiger charge is -2.27. The zero-order valence-corrected chi connectivity index (χ0v) is 11.3. The summed E-state index contributed by atoms with van der Waals surface area (Å²) in [5, 5.41) is 0. The lowest BCUT2D eigenvalue weighted by atomic mass is 10.1. The highest BCUT2D eigenvalue weighted by Gasteiger charge is 2.34. The smallest absolute Gasteiger partial charge is 0.227 e. The second-order valence-corrected chi connectivity index (χ2v) is 5.11. The molecule has 0 bridgehead atoms. The van der Waals surface area contributed by atoms with Crippen molar-refractivity contribution in [3.63, 3.8) is 0 Å². The Morgan fingerprint density at radius 1 is 1.39 bits per heavy atom. The molecule has 3 heteroatoms. The minimum absolute atomic E-state index is 0.206. The fourth-order valence-corrected chi connectivity index (χ4v) is 2.37. The normalized spacial score (nSPS) is 14.7. The molecule has 0 atom stereocenters. The third-order valence-electron chi connectivity index (χ3n) is 3.32. The largest absolute Gasteiger partial charge is 0.496 e. The van der Waals surface area contributed by atoms with Crippen LogP contribution in [-0.4, -0.2) is 30.0 Å². The Labute approximate surface area is 109 Å². The molecule has 18 heavy (non-hydrogen) atoms. The third kappa shape index (κ3) is 2.84. The SMILES string of the molecule is COc1ccccc1CC(=O)N(C(C)C)C1CC1. The number of amides is 1. The summed E-state index contributed by atoms with van der Waals surface area (Å²) in [6.07, 6.45) is 2.73. The van der Waals surface area contributed by atoms with Gasteiger partial charge in [-0.2, -0.15) is 0 Å². The summed E-state index contributed by atoms with van der Waals surface area (Å²) >= 11 is 0. The van der Waals surface area contributed by atoms with Gasteiger partial charge in [0.15, 0.2) is 0 Å². The molecule has 98 valence electrons. The zero-order valence-electron chi connectivity index (χ0n) is 11.3. The number of carbonyl (C=O) groups excluding carboxylic acids is 1. The summed E-state index contributed by atoms with van der Waals surface area (Å²) in [4.78, 5) is 14.4. The summed E-state index contributed by atoms with van der Waals surface area (Å²) < 4.78 is 5.29. The lowest BCUT2D eigenvalue weighted by Crippen LogP contribution is -2.39. The Kier molecular flexibility index (Phi) is 3.90. The highest BCUT2D eigenvalue weighted by molar-refractivity contribution is 5.80. The van der Waals surface area contributed by atoms with E-state index in [-0.39, 0.29) is 11.9 Å². The van der Waals surface area contributed by atoms with Gasteiger partial charge in [0.1, 0.15) is 5.75 Å². The van der Waals surface area contributed by atoms with Gasteiger partial charge in [-0.05, 0) is 32.8 Å². The van der Waals surface area contributed by atoms with Crippen molar-refractivity contribution in [1.82, 2.24) is 4.90 Å². The van der Waals surface area contributed by atoms with Crippen molar-refractivity contribution < 1.29 is 9.53 Å². The Hall–Kier alpha value is -1.51. The standard InChI is InChI=1S/C15H21NO2/c1-11(2)16(13-8-9-13)15(17)10-12-6-4-5-7-14(12)18-3/h4-7,11,13H,8-10H2,1-3H3. The van der Waals surface area contributed by atoms with E-state index in [2.05, 4.69) is 13.8 Å². The predicted octanol–water partition coefficient (Wildman–Crippen LogP) is 2.64. The third-order valence-corrected chi connectivity index (χ3v) is 3.32. The Morgan fingerprint density at radius 2 is 2.06 bits per heavy atom. The van der Waals surface area contributed by atoms with Crippen molar-refractivity contribution in [2.75, 3.05) is 7.11 Å². The molecule has 1 fully saturated rings. The molecular weight excluding hydrogens is 226 g/mol. The first-order valence-corrected chi connectivity index (χ1v) is 6.56. The lowest BCUT2D eigenvalue weighted by molar-refractivity contribution is -0.132. The van der Waals surface area contributed by atoms with Crippen molar-refractivity contribution in [3.8, 4) is 5.75 Å². The quantitative estimate of drug-likeness (QED) is 0.800. The van der Waals surface area contributed by atoms with Gasteiger partial charge in [-0.3, -0.25) is 4.79 Å². The van der Waals surface area contributed by atoms with Crippen molar-refractivity contribution >= 4 is 5.91 Å². The van der Waals surface area contributed by atoms with Crippen LogP contribution < -0.4 is 4.74 Å². The Balaban J connectivity index is 2.10. The number of hydrogen-bond donors (Lipinski definition) is 0. The summed E-state index contributed by atoms with van der Waals surface area (Å²) in [6.45, 7) is 4.16. The van der Waals surface area contributed by atoms with Crippen molar-refractivity contribution in [2.45, 2.75) is 45.2 Å². The molecule has 0 aromatic heterocycles. The summed E-state index contributed by atoms with van der Waals surface area (Å²) in [7, 11) is 1.64. The van der Waals surface area contributed by atoms with Gasteiger partial charge in [-0.25, -0.2) is 0 Å². The Bertz CT molecular complexity index is 422. The predicted molar refractivity (Wildman–Crippen MR) is 71.7 cm³/mol. The molecule has 0 N–H and O–H groups in total. The van der Waals surface area contributed by atoms with Crippen LogP contribution in [0.5, 0.6) is 5.75 Å². The van der Waals surface area contributed by atoms with E-state index in [1.807, 2.05) is 29.2 Å². The van der Waals surface area contributed by atoms with Gasteiger partial charge >= 0.3 is 0 Å². The number of hydrogen-bond acceptors (Lipinski definition) is 2. The summed E-state index contributed by atoms with van der Waals surface area (Å²) in [5.74, 6) is 1.00. The van der Waals surface area contributed by atoms with E-state index in [1.54, 1.807) is 7.11 Å². The molecule has 1 saturated carbocycles. The van der Waals surface area contributed by atoms with Crippen LogP contribution in [0.4, 0.5) is 0 Å². The number of para-hydroxylation sites is 1. The molecule has 3 nitrogen and oxygen atoms in total. The molecule has 1 aliphatic carbocycles. The fraction of sp³-hybridized carbons (Fsp3) is 0.533. The molecule has 1 aromatic carbocycles. The van der Waals surface area contributed by atoms with Gasteiger partial charge in [-0.1, -0.05) is 18.2 Å². The van der Waals surface area contributed by atoms with Gasteiger partial charge in [0, 0.05) is 17.6 Å². The molecule has 2 rings (SSSR count). The van der Waals surface area contributed by atoms with Gasteiger partial charge in [0.25, 0.3) is 0 Å². The molecule has 1 aromatic rings. The number of carbonyl (C=O) groups is 1. The minimum Gasteiger partial charge on any atom is -0.496 e. The molecule has 0 heterocycles. The van der Waals surface area contributed by atoms with Crippen LogP contribution in [-0.2, 0) is 11.2 Å². The maximum absolute atomic E-state index is 12.4. The minimum atomic E-state index is 0.206. The van der Waals surface area contributed by atoms with Crippen molar-refractivity contribution in [3.05, 3.63) is 29.8 Å². The van der Waals surface area contributed by atoms with Gasteiger partial charge in [0.05, 0.1) is 13.5 Å². The van der Waals surface area contributed by atoms with Crippen molar-refractivity contribution in [2.24, 2.45) is 0 Å². The molecule has 0 unspecified atom stereocenters. The van der Waals surface area contributed by atoms with Crippen LogP contribution in [0.25, 0.3) is 0 Å². The molecule has 0 radical (unpaired) electrons. The maximum atomic E-state index is 12.4. The van der Waals surface area contributed by atoms with Crippen LogP contribution in [0.1, 0.15) is 32.3 Å². The van der Waals surface area contributed by atoms with E-state index in [1.165, 1.54) is 0 Å². The highest BCUT2D eigenvalue weighted by Crippen LogP contribution is 2.30. The van der Waals surface area contributed by atoms with E-state index in [0.29, 0.717) is 12.5 Å². The molecule has 0 saturated heterocycles. The first kappa shape index (κ1) is 12.9. The number of rotatable bonds is 5. The first-order chi connectivity index (χ1) is 8.63. The average Bonchev–Trinajstić information content (AvgIpc) is 3.14. The molecule has 0 spiro atoms. The summed E-state index contributed by atoms with van der Waals surface area (Å²) in [5.41, 5.74) is 0.969. The number of methoxy groups -OCH3 is 1. The van der Waals surface area contributed by atoms with Crippen LogP contribution >= 0.6 is 0 Å². The van der Waals surface area contributed by atoms with Gasteiger partial charge < -0.3 is 9.64 Å². The molecular formula is C15H21NO2. The van der Waals surface area contributed by atoms with Crippen LogP contribution in [0, 0.1) is 0 Å². The number of benzene rings is 1. The monoisotopic (exact) mass is 247 g/mol. The van der Waals surface area contributed by atoms with Gasteiger partial charge in [-0.15, -0.1) is 0 Å². The van der Waals surface area contributed by atoms with E-state index in [4.69, 9.17) is 4.74 Å². The van der Waals surface area contributed by atoms with Crippen LogP contribution in [0.3, 0.4) is 0 Å².